The average Bonchev–Trinajstić information content (AvgIpc) is 3.36. The van der Waals surface area contributed by atoms with Crippen LogP contribution in [0.3, 0.4) is 0 Å². The lowest BCUT2D eigenvalue weighted by Crippen LogP contribution is -2.39. The van der Waals surface area contributed by atoms with Crippen molar-refractivity contribution in [3.05, 3.63) is 42.0 Å². The van der Waals surface area contributed by atoms with E-state index >= 15 is 0 Å². The van der Waals surface area contributed by atoms with Crippen molar-refractivity contribution in [2.45, 2.75) is 13.5 Å². The van der Waals surface area contributed by atoms with Crippen LogP contribution in [0.15, 0.2) is 36.4 Å². The van der Waals surface area contributed by atoms with Crippen LogP contribution in [0.2, 0.25) is 0 Å². The van der Waals surface area contributed by atoms with Gasteiger partial charge in [0.05, 0.1) is 35.1 Å². The summed E-state index contributed by atoms with van der Waals surface area (Å²) < 4.78 is 14.4. The fraction of sp³-hybridized carbons (Fsp3) is 0.250. The Morgan fingerprint density at radius 1 is 1.12 bits per heavy atom. The topological polar surface area (TPSA) is 116 Å². The van der Waals surface area contributed by atoms with Crippen molar-refractivity contribution >= 4 is 45.5 Å². The van der Waals surface area contributed by atoms with Crippen molar-refractivity contribution in [3.8, 4) is 17.3 Å². The molecule has 4 aromatic rings. The zero-order valence-electron chi connectivity index (χ0n) is 18.9. The number of carboxylic acids is 1. The number of ether oxygens (including phenoxy) is 2. The molecule has 0 saturated carbocycles. The molecule has 1 aliphatic heterocycles. The van der Waals surface area contributed by atoms with Crippen molar-refractivity contribution in [1.29, 1.82) is 0 Å². The van der Waals surface area contributed by atoms with Crippen LogP contribution in [0.4, 0.5) is 5.69 Å². The SMILES string of the molecule is COc1cc(C(=O)O)cc2nc(-c3cc4cccc5c4n3CCN5C(=O)COC(C)=O)n(C)c12. The number of para-hydroxylation sites is 1. The third-order valence-corrected chi connectivity index (χ3v) is 6.07. The molecule has 3 heterocycles. The Bertz CT molecular complexity index is 1500. The lowest BCUT2D eigenvalue weighted by Gasteiger charge is -2.29. The average molecular weight is 462 g/mol. The number of anilines is 1. The van der Waals surface area contributed by atoms with Gasteiger partial charge in [0, 0.05) is 32.4 Å². The number of esters is 1. The summed E-state index contributed by atoms with van der Waals surface area (Å²) >= 11 is 0. The number of carbonyl (C=O) groups is 3. The number of aromatic nitrogens is 3. The normalized spacial score (nSPS) is 12.9. The first-order chi connectivity index (χ1) is 16.3. The summed E-state index contributed by atoms with van der Waals surface area (Å²) in [7, 11) is 3.35. The molecule has 174 valence electrons. The first kappa shape index (κ1) is 21.5. The van der Waals surface area contributed by atoms with E-state index in [-0.39, 0.29) is 18.1 Å². The van der Waals surface area contributed by atoms with Gasteiger partial charge in [0.1, 0.15) is 11.3 Å². The van der Waals surface area contributed by atoms with Gasteiger partial charge < -0.3 is 28.6 Å². The number of aryl methyl sites for hydroxylation is 1. The third-order valence-electron chi connectivity index (χ3n) is 6.07. The molecule has 2 aromatic heterocycles. The van der Waals surface area contributed by atoms with Crippen LogP contribution in [-0.2, 0) is 27.9 Å². The first-order valence-electron chi connectivity index (χ1n) is 10.6. The molecule has 2 aromatic carbocycles. The van der Waals surface area contributed by atoms with Gasteiger partial charge in [-0.2, -0.15) is 0 Å². The molecule has 1 amide bonds. The van der Waals surface area contributed by atoms with Gasteiger partial charge in [-0.05, 0) is 24.3 Å². The number of hydrogen-bond acceptors (Lipinski definition) is 6. The van der Waals surface area contributed by atoms with Crippen molar-refractivity contribution in [1.82, 2.24) is 14.1 Å². The molecule has 10 heteroatoms. The van der Waals surface area contributed by atoms with Gasteiger partial charge in [0.25, 0.3) is 5.91 Å². The highest BCUT2D eigenvalue weighted by Gasteiger charge is 2.28. The van der Waals surface area contributed by atoms with Gasteiger partial charge in [0.15, 0.2) is 12.4 Å². The Hall–Kier alpha value is -4.34. The van der Waals surface area contributed by atoms with Gasteiger partial charge in [-0.25, -0.2) is 9.78 Å². The molecule has 0 spiro atoms. The number of methoxy groups -OCH3 is 1. The quantitative estimate of drug-likeness (QED) is 0.454. The number of fused-ring (bicyclic) bond motifs is 1. The van der Waals surface area contributed by atoms with Gasteiger partial charge in [0.2, 0.25) is 0 Å². The molecule has 0 fully saturated rings. The number of imidazole rings is 1. The van der Waals surface area contributed by atoms with E-state index < -0.39 is 11.9 Å². The molecule has 10 nitrogen and oxygen atoms in total. The van der Waals surface area contributed by atoms with Gasteiger partial charge >= 0.3 is 11.9 Å². The molecule has 0 saturated heterocycles. The molecular weight excluding hydrogens is 440 g/mol. The fourth-order valence-electron chi connectivity index (χ4n) is 4.58. The number of carboxylic acid groups (broad SMARTS) is 1. The zero-order valence-corrected chi connectivity index (χ0v) is 18.9. The lowest BCUT2D eigenvalue weighted by molar-refractivity contribution is -0.145. The van der Waals surface area contributed by atoms with Gasteiger partial charge in [-0.3, -0.25) is 9.59 Å². The molecule has 1 N–H and O–H groups in total. The van der Waals surface area contributed by atoms with E-state index in [2.05, 4.69) is 4.57 Å². The molecule has 1 aliphatic rings. The maximum Gasteiger partial charge on any atom is 0.335 e. The summed E-state index contributed by atoms with van der Waals surface area (Å²) in [6, 6.07) is 10.7. The van der Waals surface area contributed by atoms with Crippen LogP contribution >= 0.6 is 0 Å². The summed E-state index contributed by atoms with van der Waals surface area (Å²) in [4.78, 5) is 41.8. The monoisotopic (exact) mass is 462 g/mol. The molecule has 0 radical (unpaired) electrons. The Balaban J connectivity index is 1.66. The number of hydrogen-bond donors (Lipinski definition) is 1. The minimum Gasteiger partial charge on any atom is -0.494 e. The second kappa shape index (κ2) is 7.91. The number of carbonyl (C=O) groups excluding carboxylic acids is 2. The van der Waals surface area contributed by atoms with Crippen LogP contribution < -0.4 is 9.64 Å². The molecule has 0 atom stereocenters. The highest BCUT2D eigenvalue weighted by atomic mass is 16.5. The Morgan fingerprint density at radius 3 is 2.62 bits per heavy atom. The second-order valence-corrected chi connectivity index (χ2v) is 8.07. The van der Waals surface area contributed by atoms with Crippen molar-refractivity contribution in [2.24, 2.45) is 7.05 Å². The maximum absolute atomic E-state index is 12.7. The van der Waals surface area contributed by atoms with E-state index in [1.807, 2.05) is 35.9 Å². The summed E-state index contributed by atoms with van der Waals surface area (Å²) in [5.41, 5.74) is 3.75. The summed E-state index contributed by atoms with van der Waals surface area (Å²) in [5, 5.41) is 10.4. The Morgan fingerprint density at radius 2 is 1.91 bits per heavy atom. The van der Waals surface area contributed by atoms with Crippen LogP contribution in [-0.4, -0.2) is 57.3 Å². The highest BCUT2D eigenvalue weighted by molar-refractivity contribution is 6.06. The summed E-state index contributed by atoms with van der Waals surface area (Å²) in [5.74, 6) is -0.770. The number of aromatic carboxylic acids is 1. The van der Waals surface area contributed by atoms with Crippen molar-refractivity contribution in [2.75, 3.05) is 25.2 Å². The summed E-state index contributed by atoms with van der Waals surface area (Å²) in [6.07, 6.45) is 0. The highest BCUT2D eigenvalue weighted by Crippen LogP contribution is 2.38. The predicted molar refractivity (Wildman–Crippen MR) is 124 cm³/mol. The molecule has 0 aliphatic carbocycles. The minimum atomic E-state index is -1.06. The van der Waals surface area contributed by atoms with Crippen LogP contribution in [0.5, 0.6) is 5.75 Å². The zero-order chi connectivity index (χ0) is 24.1. The largest absolute Gasteiger partial charge is 0.494 e. The van der Waals surface area contributed by atoms with E-state index in [4.69, 9.17) is 14.5 Å². The van der Waals surface area contributed by atoms with Crippen LogP contribution in [0, 0.1) is 0 Å². The number of amides is 1. The third kappa shape index (κ3) is 3.26. The Labute approximate surface area is 193 Å². The smallest absolute Gasteiger partial charge is 0.335 e. The van der Waals surface area contributed by atoms with Crippen LogP contribution in [0.1, 0.15) is 17.3 Å². The van der Waals surface area contributed by atoms with Gasteiger partial charge in [-0.1, -0.05) is 12.1 Å². The number of rotatable bonds is 5. The van der Waals surface area contributed by atoms with Crippen molar-refractivity contribution in [3.63, 3.8) is 0 Å². The molecule has 5 rings (SSSR count). The van der Waals surface area contributed by atoms with Crippen molar-refractivity contribution < 1.29 is 29.0 Å². The molecule has 34 heavy (non-hydrogen) atoms. The van der Waals surface area contributed by atoms with E-state index in [9.17, 15) is 19.5 Å². The van der Waals surface area contributed by atoms with Gasteiger partial charge in [-0.15, -0.1) is 0 Å². The lowest BCUT2D eigenvalue weighted by atomic mass is 10.2. The first-order valence-corrected chi connectivity index (χ1v) is 10.6. The van der Waals surface area contributed by atoms with E-state index in [0.29, 0.717) is 35.7 Å². The molecule has 0 unspecified atom stereocenters. The maximum atomic E-state index is 12.7. The number of nitrogens with zero attached hydrogens (tertiary/aromatic N) is 4. The second-order valence-electron chi connectivity index (χ2n) is 8.07. The van der Waals surface area contributed by atoms with E-state index in [1.54, 1.807) is 4.90 Å². The predicted octanol–water partition coefficient (Wildman–Crippen LogP) is 2.81. The molecular formula is C24H22N4O6. The minimum absolute atomic E-state index is 0.0971. The Kier molecular flexibility index (Phi) is 5.00. The summed E-state index contributed by atoms with van der Waals surface area (Å²) in [6.45, 7) is 1.88. The standard InChI is InChI=1S/C24H22N4O6/c1-13(29)34-12-20(30)27-7-8-28-18(10-14-5-4-6-17(27)21(14)28)23-25-16-9-15(24(31)32)11-19(33-3)22(16)26(23)2/h4-6,9-11H,7-8,12H2,1-3H3,(H,31,32). The van der Waals surface area contributed by atoms with E-state index in [1.165, 1.54) is 26.2 Å². The molecule has 0 bridgehead atoms. The number of benzene rings is 2. The van der Waals surface area contributed by atoms with E-state index in [0.717, 1.165) is 22.3 Å². The van der Waals surface area contributed by atoms with Crippen LogP contribution in [0.25, 0.3) is 33.5 Å². The fourth-order valence-corrected chi connectivity index (χ4v) is 4.58.